The van der Waals surface area contributed by atoms with Gasteiger partial charge in [0.2, 0.25) is 5.91 Å². The first-order chi connectivity index (χ1) is 15.5. The molecule has 32 heavy (non-hydrogen) atoms. The molecule has 5 rings (SSSR count). The molecule has 0 atom stereocenters. The van der Waals surface area contributed by atoms with E-state index in [-0.39, 0.29) is 17.5 Å². The molecule has 0 unspecified atom stereocenters. The number of aryl methyl sites for hydroxylation is 1. The van der Waals surface area contributed by atoms with E-state index in [9.17, 15) is 9.59 Å². The molecule has 0 fully saturated rings. The molecular formula is C24H22N6O2. The third kappa shape index (κ3) is 3.39. The van der Waals surface area contributed by atoms with Crippen LogP contribution in [-0.4, -0.2) is 38.3 Å². The Kier molecular flexibility index (Phi) is 4.89. The van der Waals surface area contributed by atoms with E-state index in [1.54, 1.807) is 22.7 Å². The van der Waals surface area contributed by atoms with Crippen LogP contribution >= 0.6 is 0 Å². The molecule has 0 radical (unpaired) electrons. The fourth-order valence-corrected chi connectivity index (χ4v) is 4.22. The summed E-state index contributed by atoms with van der Waals surface area (Å²) in [6, 6.07) is 15.3. The molecule has 0 bridgehead atoms. The molecule has 1 aliphatic heterocycles. The van der Waals surface area contributed by atoms with Crippen LogP contribution in [0.2, 0.25) is 0 Å². The van der Waals surface area contributed by atoms with E-state index in [1.807, 2.05) is 55.5 Å². The number of fused-ring (bicyclic) bond motifs is 2. The molecule has 2 aromatic carbocycles. The lowest BCUT2D eigenvalue weighted by Gasteiger charge is -2.28. The summed E-state index contributed by atoms with van der Waals surface area (Å²) in [7, 11) is 0. The fourth-order valence-electron chi connectivity index (χ4n) is 4.22. The van der Waals surface area contributed by atoms with Gasteiger partial charge in [-0.1, -0.05) is 23.4 Å². The van der Waals surface area contributed by atoms with Gasteiger partial charge in [-0.25, -0.2) is 4.68 Å². The number of hydrogen-bond donors (Lipinski definition) is 1. The second-order valence-corrected chi connectivity index (χ2v) is 7.86. The number of carbonyl (C=O) groups excluding carboxylic acids is 2. The SMILES string of the molecule is CC(=O)N1CCCc2cc(NC(=O)c3nnn(-c4cccc5cccnc45)c3C)ccc21. The lowest BCUT2D eigenvalue weighted by molar-refractivity contribution is -0.116. The van der Waals surface area contributed by atoms with Crippen molar-refractivity contribution in [3.05, 3.63) is 71.7 Å². The van der Waals surface area contributed by atoms with E-state index in [0.29, 0.717) is 11.4 Å². The average Bonchev–Trinajstić information content (AvgIpc) is 3.19. The molecule has 0 spiro atoms. The lowest BCUT2D eigenvalue weighted by atomic mass is 10.0. The summed E-state index contributed by atoms with van der Waals surface area (Å²) in [6.07, 6.45) is 3.50. The summed E-state index contributed by atoms with van der Waals surface area (Å²) in [6.45, 7) is 4.11. The molecule has 2 aromatic heterocycles. The zero-order valence-corrected chi connectivity index (χ0v) is 17.9. The molecule has 1 N–H and O–H groups in total. The normalized spacial score (nSPS) is 13.1. The standard InChI is InChI=1S/C24H22N6O2/c1-15-22(27-28-30(15)21-9-3-6-17-7-4-12-25-23(17)21)24(32)26-19-10-11-20-18(14-19)8-5-13-29(20)16(2)31/h3-4,6-7,9-12,14H,5,8,13H2,1-2H3,(H,26,32). The number of hydrogen-bond acceptors (Lipinski definition) is 5. The second-order valence-electron chi connectivity index (χ2n) is 7.86. The van der Waals surface area contributed by atoms with Gasteiger partial charge in [0.05, 0.1) is 16.9 Å². The summed E-state index contributed by atoms with van der Waals surface area (Å²) < 4.78 is 1.64. The lowest BCUT2D eigenvalue weighted by Crippen LogP contribution is -2.33. The van der Waals surface area contributed by atoms with Gasteiger partial charge >= 0.3 is 0 Å². The second kappa shape index (κ2) is 7.88. The van der Waals surface area contributed by atoms with Gasteiger partial charge in [0.15, 0.2) is 5.69 Å². The Hall–Kier alpha value is -4.07. The van der Waals surface area contributed by atoms with Crippen LogP contribution in [0.3, 0.4) is 0 Å². The van der Waals surface area contributed by atoms with Crippen molar-refractivity contribution in [1.29, 1.82) is 0 Å². The highest BCUT2D eigenvalue weighted by Crippen LogP contribution is 2.30. The van der Waals surface area contributed by atoms with Crippen molar-refractivity contribution < 1.29 is 9.59 Å². The van der Waals surface area contributed by atoms with Crippen LogP contribution in [0.15, 0.2) is 54.7 Å². The van der Waals surface area contributed by atoms with Gasteiger partial charge in [0.1, 0.15) is 0 Å². The first kappa shape index (κ1) is 19.9. The van der Waals surface area contributed by atoms with Crippen LogP contribution < -0.4 is 10.2 Å². The Labute approximate surface area is 184 Å². The largest absolute Gasteiger partial charge is 0.321 e. The third-order valence-electron chi connectivity index (χ3n) is 5.79. The summed E-state index contributed by atoms with van der Waals surface area (Å²) in [5, 5.41) is 12.3. The Morgan fingerprint density at radius 2 is 1.91 bits per heavy atom. The van der Waals surface area contributed by atoms with Crippen LogP contribution in [0.4, 0.5) is 11.4 Å². The molecule has 8 heteroatoms. The number of benzene rings is 2. The number of amides is 2. The van der Waals surface area contributed by atoms with Crippen LogP contribution in [0.25, 0.3) is 16.6 Å². The van der Waals surface area contributed by atoms with E-state index in [2.05, 4.69) is 20.6 Å². The summed E-state index contributed by atoms with van der Waals surface area (Å²) >= 11 is 0. The van der Waals surface area contributed by atoms with Gasteiger partial charge in [-0.2, -0.15) is 0 Å². The third-order valence-corrected chi connectivity index (χ3v) is 5.79. The van der Waals surface area contributed by atoms with Gasteiger partial charge in [0.25, 0.3) is 5.91 Å². The molecule has 8 nitrogen and oxygen atoms in total. The van der Waals surface area contributed by atoms with Crippen molar-refractivity contribution in [2.24, 2.45) is 0 Å². The maximum absolute atomic E-state index is 13.0. The van der Waals surface area contributed by atoms with Crippen molar-refractivity contribution in [2.45, 2.75) is 26.7 Å². The molecule has 1 aliphatic rings. The molecule has 2 amide bonds. The molecule has 160 valence electrons. The molecular weight excluding hydrogens is 404 g/mol. The molecule has 3 heterocycles. The number of rotatable bonds is 3. The topological polar surface area (TPSA) is 93.0 Å². The number of nitrogens with one attached hydrogen (secondary N) is 1. The Balaban J connectivity index is 1.43. The number of nitrogens with zero attached hydrogens (tertiary/aromatic N) is 5. The first-order valence-electron chi connectivity index (χ1n) is 10.5. The molecule has 0 saturated heterocycles. The monoisotopic (exact) mass is 426 g/mol. The fraction of sp³-hybridized carbons (Fsp3) is 0.208. The number of pyridine rings is 1. The van der Waals surface area contributed by atoms with Gasteiger partial charge in [-0.15, -0.1) is 5.10 Å². The van der Waals surface area contributed by atoms with E-state index < -0.39 is 0 Å². The minimum Gasteiger partial charge on any atom is -0.321 e. The predicted octanol–water partition coefficient (Wildman–Crippen LogP) is 3.68. The Morgan fingerprint density at radius 3 is 2.75 bits per heavy atom. The maximum atomic E-state index is 13.0. The number of aromatic nitrogens is 4. The van der Waals surface area contributed by atoms with E-state index >= 15 is 0 Å². The Bertz CT molecular complexity index is 1350. The quantitative estimate of drug-likeness (QED) is 0.540. The first-order valence-corrected chi connectivity index (χ1v) is 10.5. The van der Waals surface area contributed by atoms with Gasteiger partial charge in [-0.05, 0) is 55.7 Å². The molecule has 0 aliphatic carbocycles. The smallest absolute Gasteiger partial charge is 0.278 e. The van der Waals surface area contributed by atoms with Crippen LogP contribution in [0, 0.1) is 6.92 Å². The van der Waals surface area contributed by atoms with Crippen LogP contribution in [0.1, 0.15) is 35.1 Å². The molecule has 0 saturated carbocycles. The predicted molar refractivity (Wildman–Crippen MR) is 122 cm³/mol. The van der Waals surface area contributed by atoms with Crippen molar-refractivity contribution in [3.63, 3.8) is 0 Å². The maximum Gasteiger partial charge on any atom is 0.278 e. The summed E-state index contributed by atoms with van der Waals surface area (Å²) in [5.41, 5.74) is 5.06. The highest BCUT2D eigenvalue weighted by atomic mass is 16.2. The van der Waals surface area contributed by atoms with Crippen LogP contribution in [-0.2, 0) is 11.2 Å². The summed E-state index contributed by atoms with van der Waals surface area (Å²) in [5.74, 6) is -0.306. The van der Waals surface area contributed by atoms with Crippen molar-refractivity contribution in [2.75, 3.05) is 16.8 Å². The summed E-state index contributed by atoms with van der Waals surface area (Å²) in [4.78, 5) is 31.1. The number of anilines is 2. The van der Waals surface area contributed by atoms with Crippen molar-refractivity contribution in [1.82, 2.24) is 20.0 Å². The Morgan fingerprint density at radius 1 is 1.06 bits per heavy atom. The number of carbonyl (C=O) groups is 2. The zero-order chi connectivity index (χ0) is 22.2. The van der Waals surface area contributed by atoms with Crippen molar-refractivity contribution in [3.8, 4) is 5.69 Å². The van der Waals surface area contributed by atoms with E-state index in [4.69, 9.17) is 0 Å². The highest BCUT2D eigenvalue weighted by Gasteiger charge is 2.22. The molecule has 4 aromatic rings. The van der Waals surface area contributed by atoms with Crippen LogP contribution in [0.5, 0.6) is 0 Å². The average molecular weight is 426 g/mol. The van der Waals surface area contributed by atoms with E-state index in [1.165, 1.54) is 0 Å². The van der Waals surface area contributed by atoms with Crippen molar-refractivity contribution >= 4 is 34.1 Å². The highest BCUT2D eigenvalue weighted by molar-refractivity contribution is 6.04. The van der Waals surface area contributed by atoms with Gasteiger partial charge in [0, 0.05) is 36.4 Å². The van der Waals surface area contributed by atoms with Gasteiger partial charge < -0.3 is 10.2 Å². The minimum absolute atomic E-state index is 0.0258. The zero-order valence-electron chi connectivity index (χ0n) is 17.9. The number of para-hydroxylation sites is 1. The minimum atomic E-state index is -0.332. The van der Waals surface area contributed by atoms with E-state index in [0.717, 1.165) is 47.2 Å². The van der Waals surface area contributed by atoms with Gasteiger partial charge in [-0.3, -0.25) is 14.6 Å².